The van der Waals surface area contributed by atoms with E-state index < -0.39 is 0 Å². The van der Waals surface area contributed by atoms with Crippen molar-refractivity contribution in [2.45, 2.75) is 10.9 Å². The van der Waals surface area contributed by atoms with Gasteiger partial charge in [0.15, 0.2) is 0 Å². The number of benzene rings is 2. The van der Waals surface area contributed by atoms with E-state index in [2.05, 4.69) is 20.3 Å². The van der Waals surface area contributed by atoms with Gasteiger partial charge < -0.3 is 9.15 Å². The molecule has 7 nitrogen and oxygen atoms in total. The van der Waals surface area contributed by atoms with E-state index in [0.717, 1.165) is 17.0 Å². The van der Waals surface area contributed by atoms with Crippen molar-refractivity contribution < 1.29 is 9.15 Å². The fourth-order valence-electron chi connectivity index (χ4n) is 2.31. The summed E-state index contributed by atoms with van der Waals surface area (Å²) >= 11 is 1.44. The fraction of sp³-hybridized carbons (Fsp3) is 0.111. The monoisotopic (exact) mass is 365 g/mol. The Kier molecular flexibility index (Phi) is 4.65. The van der Waals surface area contributed by atoms with Gasteiger partial charge in [0.25, 0.3) is 0 Å². The SMILES string of the molecule is COc1ccc(-c2nnc(CSc3ncn(-c4ccccc4)n3)o2)cc1. The summed E-state index contributed by atoms with van der Waals surface area (Å²) in [5.41, 5.74) is 1.81. The van der Waals surface area contributed by atoms with Gasteiger partial charge in [-0.15, -0.1) is 15.3 Å². The second-order valence-corrected chi connectivity index (χ2v) is 6.27. The highest BCUT2D eigenvalue weighted by Crippen LogP contribution is 2.24. The molecule has 0 aliphatic heterocycles. The van der Waals surface area contributed by atoms with Crippen molar-refractivity contribution in [1.29, 1.82) is 0 Å². The molecule has 0 spiro atoms. The van der Waals surface area contributed by atoms with Crippen molar-refractivity contribution in [3.05, 3.63) is 66.8 Å². The zero-order valence-corrected chi connectivity index (χ0v) is 14.8. The summed E-state index contributed by atoms with van der Waals surface area (Å²) in [6.45, 7) is 0. The van der Waals surface area contributed by atoms with Crippen molar-refractivity contribution in [1.82, 2.24) is 25.0 Å². The number of para-hydroxylation sites is 1. The number of ether oxygens (including phenoxy) is 1. The number of hydrogen-bond donors (Lipinski definition) is 0. The Labute approximate surface area is 154 Å². The van der Waals surface area contributed by atoms with Gasteiger partial charge in [-0.25, -0.2) is 9.67 Å². The van der Waals surface area contributed by atoms with E-state index in [1.54, 1.807) is 18.1 Å². The first-order chi connectivity index (χ1) is 12.8. The van der Waals surface area contributed by atoms with Gasteiger partial charge in [0.1, 0.15) is 12.1 Å². The summed E-state index contributed by atoms with van der Waals surface area (Å²) in [5.74, 6) is 2.29. The second kappa shape index (κ2) is 7.40. The van der Waals surface area contributed by atoms with Gasteiger partial charge in [-0.1, -0.05) is 30.0 Å². The molecule has 0 N–H and O–H groups in total. The highest BCUT2D eigenvalue weighted by atomic mass is 32.2. The molecule has 4 rings (SSSR count). The summed E-state index contributed by atoms with van der Waals surface area (Å²) in [6.07, 6.45) is 1.69. The van der Waals surface area contributed by atoms with E-state index in [0.29, 0.717) is 22.7 Å². The van der Waals surface area contributed by atoms with Crippen molar-refractivity contribution >= 4 is 11.8 Å². The third kappa shape index (κ3) is 3.60. The first-order valence-corrected chi connectivity index (χ1v) is 8.87. The third-order valence-corrected chi connectivity index (χ3v) is 4.46. The Balaban J connectivity index is 1.41. The Bertz CT molecular complexity index is 982. The van der Waals surface area contributed by atoms with E-state index in [1.165, 1.54) is 11.8 Å². The summed E-state index contributed by atoms with van der Waals surface area (Å²) < 4.78 is 12.6. The topological polar surface area (TPSA) is 78.9 Å². The molecule has 0 amide bonds. The van der Waals surface area contributed by atoms with Crippen molar-refractivity contribution in [2.75, 3.05) is 7.11 Å². The van der Waals surface area contributed by atoms with Gasteiger partial charge >= 0.3 is 0 Å². The number of aromatic nitrogens is 5. The highest BCUT2D eigenvalue weighted by molar-refractivity contribution is 7.98. The number of nitrogens with zero attached hydrogens (tertiary/aromatic N) is 5. The summed E-state index contributed by atoms with van der Waals surface area (Å²) in [6, 6.07) is 17.3. The Morgan fingerprint density at radius 3 is 2.62 bits per heavy atom. The minimum atomic E-state index is 0.478. The molecule has 0 bridgehead atoms. The Hall–Kier alpha value is -3.13. The van der Waals surface area contributed by atoms with Crippen molar-refractivity contribution in [3.8, 4) is 22.9 Å². The molecular formula is C18H15N5O2S. The first kappa shape index (κ1) is 16.3. The van der Waals surface area contributed by atoms with Crippen LogP contribution in [0, 0.1) is 0 Å². The largest absolute Gasteiger partial charge is 0.497 e. The molecule has 0 unspecified atom stereocenters. The molecule has 0 atom stereocenters. The predicted molar refractivity (Wildman–Crippen MR) is 97.2 cm³/mol. The van der Waals surface area contributed by atoms with Crippen LogP contribution in [0.15, 0.2) is 70.5 Å². The lowest BCUT2D eigenvalue weighted by molar-refractivity contribution is 0.415. The quantitative estimate of drug-likeness (QED) is 0.483. The van der Waals surface area contributed by atoms with E-state index in [1.807, 2.05) is 54.6 Å². The van der Waals surface area contributed by atoms with Crippen LogP contribution >= 0.6 is 11.8 Å². The van der Waals surface area contributed by atoms with Crippen LogP contribution < -0.4 is 4.74 Å². The molecule has 0 aliphatic rings. The Morgan fingerprint density at radius 1 is 1.04 bits per heavy atom. The van der Waals surface area contributed by atoms with Gasteiger partial charge in [0, 0.05) is 5.56 Å². The lowest BCUT2D eigenvalue weighted by Gasteiger charge is -1.99. The zero-order valence-electron chi connectivity index (χ0n) is 13.9. The molecular weight excluding hydrogens is 350 g/mol. The summed E-state index contributed by atoms with van der Waals surface area (Å²) in [4.78, 5) is 4.30. The maximum absolute atomic E-state index is 5.71. The smallest absolute Gasteiger partial charge is 0.247 e. The molecule has 26 heavy (non-hydrogen) atoms. The van der Waals surface area contributed by atoms with Crippen LogP contribution in [0.3, 0.4) is 0 Å². The minimum absolute atomic E-state index is 0.478. The van der Waals surface area contributed by atoms with E-state index >= 15 is 0 Å². The minimum Gasteiger partial charge on any atom is -0.497 e. The molecule has 8 heteroatoms. The average molecular weight is 365 g/mol. The van der Waals surface area contributed by atoms with Crippen molar-refractivity contribution in [3.63, 3.8) is 0 Å². The lowest BCUT2D eigenvalue weighted by atomic mass is 10.2. The van der Waals surface area contributed by atoms with Gasteiger partial charge in [-0.3, -0.25) is 0 Å². The van der Waals surface area contributed by atoms with Crippen LogP contribution in [0.5, 0.6) is 5.75 Å². The molecule has 2 aromatic carbocycles. The second-order valence-electron chi connectivity index (χ2n) is 5.33. The number of hydrogen-bond acceptors (Lipinski definition) is 7. The molecule has 0 saturated heterocycles. The predicted octanol–water partition coefficient (Wildman–Crippen LogP) is 3.62. The van der Waals surface area contributed by atoms with Gasteiger partial charge in [-0.2, -0.15) is 0 Å². The molecule has 0 saturated carbocycles. The molecule has 0 fully saturated rings. The average Bonchev–Trinajstić information content (AvgIpc) is 3.37. The third-order valence-electron chi connectivity index (χ3n) is 3.62. The van der Waals surface area contributed by atoms with Gasteiger partial charge in [0.05, 0.1) is 18.6 Å². The van der Waals surface area contributed by atoms with E-state index in [9.17, 15) is 0 Å². The maximum Gasteiger partial charge on any atom is 0.247 e. The lowest BCUT2D eigenvalue weighted by Crippen LogP contribution is -1.93. The zero-order chi connectivity index (χ0) is 17.8. The summed E-state index contributed by atoms with van der Waals surface area (Å²) in [7, 11) is 1.63. The van der Waals surface area contributed by atoms with Crippen LogP contribution in [-0.2, 0) is 5.75 Å². The van der Waals surface area contributed by atoms with Crippen LogP contribution in [0.4, 0.5) is 0 Å². The summed E-state index contributed by atoms with van der Waals surface area (Å²) in [5, 5.41) is 13.3. The van der Waals surface area contributed by atoms with Crippen LogP contribution in [0.2, 0.25) is 0 Å². The van der Waals surface area contributed by atoms with E-state index in [-0.39, 0.29) is 0 Å². The maximum atomic E-state index is 5.71. The molecule has 130 valence electrons. The number of methoxy groups -OCH3 is 1. The van der Waals surface area contributed by atoms with E-state index in [4.69, 9.17) is 9.15 Å². The molecule has 0 radical (unpaired) electrons. The normalized spacial score (nSPS) is 10.8. The Morgan fingerprint density at radius 2 is 1.85 bits per heavy atom. The van der Waals surface area contributed by atoms with Gasteiger partial charge in [0.2, 0.25) is 16.9 Å². The van der Waals surface area contributed by atoms with Crippen LogP contribution in [-0.4, -0.2) is 32.1 Å². The highest BCUT2D eigenvalue weighted by Gasteiger charge is 2.11. The standard InChI is InChI=1S/C18H15N5O2S/c1-24-15-9-7-13(8-10-15)17-21-20-16(25-17)11-26-18-19-12-23(22-18)14-5-3-2-4-6-14/h2-10,12H,11H2,1H3. The molecule has 2 aromatic heterocycles. The fourth-order valence-corrected chi connectivity index (χ4v) is 2.94. The number of rotatable bonds is 6. The van der Waals surface area contributed by atoms with Crippen molar-refractivity contribution in [2.24, 2.45) is 0 Å². The van der Waals surface area contributed by atoms with Crippen LogP contribution in [0.25, 0.3) is 17.1 Å². The molecule has 2 heterocycles. The molecule has 4 aromatic rings. The van der Waals surface area contributed by atoms with Crippen LogP contribution in [0.1, 0.15) is 5.89 Å². The first-order valence-electron chi connectivity index (χ1n) is 7.88. The number of thioether (sulfide) groups is 1. The van der Waals surface area contributed by atoms with Gasteiger partial charge in [-0.05, 0) is 36.4 Å². The molecule has 0 aliphatic carbocycles.